The van der Waals surface area contributed by atoms with Crippen LogP contribution in [0.15, 0.2) is 60.5 Å². The minimum Gasteiger partial charge on any atom is -0.483 e. The Morgan fingerprint density at radius 2 is 1.88 bits per heavy atom. The first kappa shape index (κ1) is 32.1. The van der Waals surface area contributed by atoms with Crippen molar-refractivity contribution in [1.82, 2.24) is 34.8 Å². The number of pyridine rings is 1. The maximum Gasteiger partial charge on any atom is 0.257 e. The van der Waals surface area contributed by atoms with Crippen molar-refractivity contribution in [2.24, 2.45) is 7.05 Å². The summed E-state index contributed by atoms with van der Waals surface area (Å²) in [6.07, 6.45) is 1.30. The summed E-state index contributed by atoms with van der Waals surface area (Å²) in [5.74, 6) is -2.54. The number of carbonyl (C=O) groups excluding carboxylic acids is 2. The Kier molecular flexibility index (Phi) is 8.02. The topological polar surface area (TPSA) is 107 Å². The number of hydrogen-bond donors (Lipinski definition) is 1. The van der Waals surface area contributed by atoms with Gasteiger partial charge in [0.15, 0.2) is 6.61 Å². The minimum absolute atomic E-state index is 0.0434. The fourth-order valence-corrected chi connectivity index (χ4v) is 7.48. The Morgan fingerprint density at radius 3 is 2.63 bits per heavy atom. The van der Waals surface area contributed by atoms with E-state index in [1.54, 1.807) is 4.90 Å². The normalized spacial score (nSPS) is 15.9. The number of nitrogens with zero attached hydrogens (tertiary/aromatic N) is 6. The zero-order valence-electron chi connectivity index (χ0n) is 27.5. The van der Waals surface area contributed by atoms with Crippen LogP contribution in [0.2, 0.25) is 0 Å². The SMILES string of the molecule is C=CC(=O)N1C[C@H](C)n2nc(-c3nc(-c4ccc5c(C)n(C)nc5c4)c4ccsc4c3-c3c(F)cc(F)cc3OCC(=O)NC)cc2[C@H]1C. The molecule has 49 heavy (non-hydrogen) atoms. The molecular formula is C36H33F2N7O3S. The second kappa shape index (κ2) is 12.2. The van der Waals surface area contributed by atoms with E-state index in [1.165, 1.54) is 24.5 Å². The third kappa shape index (κ3) is 5.34. The molecule has 0 saturated heterocycles. The summed E-state index contributed by atoms with van der Waals surface area (Å²) in [5, 5.41) is 15.8. The Bertz CT molecular complexity index is 2320. The highest BCUT2D eigenvalue weighted by Gasteiger charge is 2.34. The van der Waals surface area contributed by atoms with Gasteiger partial charge in [-0.15, -0.1) is 11.3 Å². The largest absolute Gasteiger partial charge is 0.483 e. The second-order valence-corrected chi connectivity index (χ2v) is 13.0. The van der Waals surface area contributed by atoms with Crippen molar-refractivity contribution < 1.29 is 23.1 Å². The number of aromatic nitrogens is 5. The predicted molar refractivity (Wildman–Crippen MR) is 185 cm³/mol. The Hall–Kier alpha value is -5.43. The van der Waals surface area contributed by atoms with Gasteiger partial charge < -0.3 is 15.0 Å². The Labute approximate surface area is 284 Å². The van der Waals surface area contributed by atoms with Gasteiger partial charge in [-0.1, -0.05) is 18.7 Å². The van der Waals surface area contributed by atoms with Gasteiger partial charge in [0.2, 0.25) is 5.91 Å². The quantitative estimate of drug-likeness (QED) is 0.187. The van der Waals surface area contributed by atoms with E-state index in [2.05, 4.69) is 17.0 Å². The average Bonchev–Trinajstić information content (AvgIpc) is 3.82. The number of thiophene rings is 1. The van der Waals surface area contributed by atoms with E-state index in [4.69, 9.17) is 14.8 Å². The second-order valence-electron chi connectivity index (χ2n) is 12.1. The van der Waals surface area contributed by atoms with Crippen LogP contribution in [0.4, 0.5) is 8.78 Å². The number of aryl methyl sites for hydroxylation is 2. The third-order valence-electron chi connectivity index (χ3n) is 9.16. The number of halogens is 2. The lowest BCUT2D eigenvalue weighted by molar-refractivity contribution is -0.129. The highest BCUT2D eigenvalue weighted by atomic mass is 32.1. The Balaban J connectivity index is 1.52. The molecule has 0 saturated carbocycles. The molecule has 0 spiro atoms. The first-order valence-electron chi connectivity index (χ1n) is 15.7. The Morgan fingerprint density at radius 1 is 1.08 bits per heavy atom. The molecule has 4 aromatic heterocycles. The lowest BCUT2D eigenvalue weighted by Gasteiger charge is -2.36. The number of fused-ring (bicyclic) bond motifs is 3. The van der Waals surface area contributed by atoms with E-state index >= 15 is 4.39 Å². The summed E-state index contributed by atoms with van der Waals surface area (Å²) >= 11 is 1.38. The van der Waals surface area contributed by atoms with Crippen LogP contribution in [-0.4, -0.2) is 61.5 Å². The molecule has 1 aliphatic heterocycles. The molecular weight excluding hydrogens is 649 g/mol. The molecule has 250 valence electrons. The van der Waals surface area contributed by atoms with Crippen LogP contribution in [0.1, 0.15) is 37.3 Å². The molecule has 1 aliphatic rings. The molecule has 0 fully saturated rings. The average molecular weight is 682 g/mol. The summed E-state index contributed by atoms with van der Waals surface area (Å²) in [6, 6.07) is 11.1. The number of ether oxygens (including phenoxy) is 1. The van der Waals surface area contributed by atoms with Crippen LogP contribution in [0, 0.1) is 18.6 Å². The number of carbonyl (C=O) groups is 2. The van der Waals surface area contributed by atoms with Crippen LogP contribution in [0.3, 0.4) is 0 Å². The minimum atomic E-state index is -0.878. The fraction of sp³-hybridized carbons (Fsp3) is 0.250. The number of rotatable bonds is 7. The van der Waals surface area contributed by atoms with Gasteiger partial charge in [0.25, 0.3) is 5.91 Å². The van der Waals surface area contributed by atoms with Gasteiger partial charge in [0.1, 0.15) is 28.8 Å². The van der Waals surface area contributed by atoms with Gasteiger partial charge in [-0.3, -0.25) is 19.0 Å². The molecule has 0 unspecified atom stereocenters. The molecule has 2 amide bonds. The van der Waals surface area contributed by atoms with Gasteiger partial charge >= 0.3 is 0 Å². The van der Waals surface area contributed by atoms with Crippen molar-refractivity contribution in [2.45, 2.75) is 32.9 Å². The molecule has 1 N–H and O–H groups in total. The van der Waals surface area contributed by atoms with Gasteiger partial charge in [-0.25, -0.2) is 13.8 Å². The highest BCUT2D eigenvalue weighted by Crippen LogP contribution is 2.48. The number of likely N-dealkylation sites (N-methyl/N-ethyl adjacent to an activating group) is 1. The zero-order chi connectivity index (χ0) is 34.7. The predicted octanol–water partition coefficient (Wildman–Crippen LogP) is 6.74. The van der Waals surface area contributed by atoms with Crippen LogP contribution >= 0.6 is 11.3 Å². The smallest absolute Gasteiger partial charge is 0.257 e. The number of nitrogens with one attached hydrogen (secondary N) is 1. The number of amides is 2. The zero-order valence-corrected chi connectivity index (χ0v) is 28.4. The lowest BCUT2D eigenvalue weighted by atomic mass is 9.96. The van der Waals surface area contributed by atoms with Gasteiger partial charge in [-0.05, 0) is 50.4 Å². The van der Waals surface area contributed by atoms with E-state index < -0.39 is 24.1 Å². The van der Waals surface area contributed by atoms with Crippen molar-refractivity contribution in [1.29, 1.82) is 0 Å². The summed E-state index contributed by atoms with van der Waals surface area (Å²) < 4.78 is 41.0. The summed E-state index contributed by atoms with van der Waals surface area (Å²) in [4.78, 5) is 31.9. The van der Waals surface area contributed by atoms with Crippen LogP contribution in [-0.2, 0) is 16.6 Å². The van der Waals surface area contributed by atoms with E-state index in [1.807, 2.05) is 72.9 Å². The van der Waals surface area contributed by atoms with Gasteiger partial charge in [0, 0.05) is 65.1 Å². The van der Waals surface area contributed by atoms with E-state index in [0.29, 0.717) is 33.9 Å². The van der Waals surface area contributed by atoms with Gasteiger partial charge in [0.05, 0.1) is 34.6 Å². The molecule has 0 radical (unpaired) electrons. The number of benzene rings is 2. The van der Waals surface area contributed by atoms with Crippen molar-refractivity contribution in [2.75, 3.05) is 20.2 Å². The maximum atomic E-state index is 16.2. The standard InChI is InChI=1S/C36H33F2N7O3S/c1-7-31(47)44-16-18(2)45-28(20(44)4)15-27(42-45)35-33(32-25(38)13-22(37)14-29(32)48-17-30(46)39-5)36-24(10-11-49-36)34(40-35)21-8-9-23-19(3)43(6)41-26(23)12-21/h7-15,18,20H,1,16-17H2,2-6H3,(H,39,46)/t18-,20+/m0/s1. The lowest BCUT2D eigenvalue weighted by Crippen LogP contribution is -2.42. The molecule has 5 heterocycles. The molecule has 7 rings (SSSR count). The first-order valence-corrected chi connectivity index (χ1v) is 16.6. The monoisotopic (exact) mass is 681 g/mol. The fourth-order valence-electron chi connectivity index (χ4n) is 6.53. The molecule has 0 bridgehead atoms. The number of hydrogen-bond acceptors (Lipinski definition) is 7. The van der Waals surface area contributed by atoms with E-state index in [-0.39, 0.29) is 29.3 Å². The summed E-state index contributed by atoms with van der Waals surface area (Å²) in [6.45, 7) is 9.52. The maximum absolute atomic E-state index is 16.2. The third-order valence-corrected chi connectivity index (χ3v) is 10.1. The van der Waals surface area contributed by atoms with Gasteiger partial charge in [-0.2, -0.15) is 10.2 Å². The highest BCUT2D eigenvalue weighted by molar-refractivity contribution is 7.18. The molecule has 10 nitrogen and oxygen atoms in total. The van der Waals surface area contributed by atoms with Crippen molar-refractivity contribution in [3.8, 4) is 39.5 Å². The van der Waals surface area contributed by atoms with Crippen molar-refractivity contribution >= 4 is 44.1 Å². The van der Waals surface area contributed by atoms with E-state index in [9.17, 15) is 14.0 Å². The molecule has 0 aliphatic carbocycles. The molecule has 2 aromatic carbocycles. The van der Waals surface area contributed by atoms with Crippen LogP contribution in [0.25, 0.3) is 54.8 Å². The van der Waals surface area contributed by atoms with Crippen LogP contribution < -0.4 is 10.1 Å². The summed E-state index contributed by atoms with van der Waals surface area (Å²) in [5.41, 5.74) is 5.10. The molecule has 13 heteroatoms. The van der Waals surface area contributed by atoms with Crippen LogP contribution in [0.5, 0.6) is 5.75 Å². The van der Waals surface area contributed by atoms with E-state index in [0.717, 1.165) is 45.4 Å². The summed E-state index contributed by atoms with van der Waals surface area (Å²) in [7, 11) is 3.34. The van der Waals surface area contributed by atoms with Crippen molar-refractivity contribution in [3.05, 3.63) is 83.5 Å². The first-order chi connectivity index (χ1) is 23.5. The molecule has 6 aromatic rings. The van der Waals surface area contributed by atoms with Crippen molar-refractivity contribution in [3.63, 3.8) is 0 Å². The molecule has 2 atom stereocenters.